The maximum absolute atomic E-state index is 12.8. The van der Waals surface area contributed by atoms with Crippen molar-refractivity contribution in [2.75, 3.05) is 22.7 Å². The van der Waals surface area contributed by atoms with Crippen LogP contribution in [0.5, 0.6) is 11.5 Å². The molecule has 1 atom stereocenters. The largest absolute Gasteiger partial charge is 0.454 e. The third-order valence-corrected chi connectivity index (χ3v) is 5.43. The maximum Gasteiger partial charge on any atom is 0.247 e. The number of nitrogens with one attached hydrogen (secondary N) is 1. The van der Waals surface area contributed by atoms with Crippen molar-refractivity contribution in [1.82, 2.24) is 0 Å². The number of hydrogen-bond acceptors (Lipinski definition) is 5. The second-order valence-electron chi connectivity index (χ2n) is 6.64. The van der Waals surface area contributed by atoms with Gasteiger partial charge in [0.1, 0.15) is 6.04 Å². The molecule has 0 fully saturated rings. The minimum absolute atomic E-state index is 0.137. The average Bonchev–Trinajstić information content (AvgIpc) is 3.00. The Labute approximate surface area is 158 Å². The Bertz CT molecular complexity index is 967. The molecule has 1 aliphatic rings. The van der Waals surface area contributed by atoms with E-state index >= 15 is 0 Å². The molecule has 1 unspecified atom stereocenters. The van der Waals surface area contributed by atoms with Crippen molar-refractivity contribution in [3.05, 3.63) is 47.5 Å². The van der Waals surface area contributed by atoms with Crippen LogP contribution < -0.4 is 19.1 Å². The molecule has 2 aromatic rings. The van der Waals surface area contributed by atoms with E-state index < -0.39 is 22.0 Å². The van der Waals surface area contributed by atoms with Crippen molar-refractivity contribution in [1.29, 1.82) is 0 Å². The summed E-state index contributed by atoms with van der Waals surface area (Å²) in [5.74, 6) is 0.697. The van der Waals surface area contributed by atoms with Crippen molar-refractivity contribution in [2.24, 2.45) is 0 Å². The summed E-state index contributed by atoms with van der Waals surface area (Å²) in [4.78, 5) is 12.8. The van der Waals surface area contributed by atoms with Crippen LogP contribution in [-0.2, 0) is 14.8 Å². The predicted octanol–water partition coefficient (Wildman–Crippen LogP) is 2.83. The molecule has 144 valence electrons. The van der Waals surface area contributed by atoms with Gasteiger partial charge in [-0.1, -0.05) is 6.07 Å². The molecule has 27 heavy (non-hydrogen) atoms. The van der Waals surface area contributed by atoms with Crippen LogP contribution in [0.3, 0.4) is 0 Å². The molecule has 0 bridgehead atoms. The van der Waals surface area contributed by atoms with E-state index in [-0.39, 0.29) is 6.79 Å². The van der Waals surface area contributed by atoms with Gasteiger partial charge in [-0.05, 0) is 56.2 Å². The van der Waals surface area contributed by atoms with Gasteiger partial charge in [-0.3, -0.25) is 9.10 Å². The molecule has 0 saturated carbocycles. The highest BCUT2D eigenvalue weighted by molar-refractivity contribution is 7.92. The van der Waals surface area contributed by atoms with Crippen molar-refractivity contribution in [3.8, 4) is 11.5 Å². The van der Waals surface area contributed by atoms with Crippen LogP contribution in [0.1, 0.15) is 18.1 Å². The van der Waals surface area contributed by atoms with Crippen LogP contribution in [0.4, 0.5) is 11.4 Å². The molecule has 1 N–H and O–H groups in total. The zero-order chi connectivity index (χ0) is 19.8. The summed E-state index contributed by atoms with van der Waals surface area (Å²) in [6.07, 6.45) is 1.09. The van der Waals surface area contributed by atoms with E-state index in [1.54, 1.807) is 37.3 Å². The Kier molecular flexibility index (Phi) is 5.01. The minimum atomic E-state index is -3.67. The lowest BCUT2D eigenvalue weighted by Gasteiger charge is -2.28. The number of hydrogen-bond donors (Lipinski definition) is 1. The monoisotopic (exact) mass is 390 g/mol. The Balaban J connectivity index is 1.87. The fourth-order valence-electron chi connectivity index (χ4n) is 3.11. The molecule has 0 aliphatic carbocycles. The first-order valence-electron chi connectivity index (χ1n) is 8.43. The number of ether oxygens (including phenoxy) is 2. The normalized spacial score (nSPS) is 13.9. The standard InChI is InChI=1S/C19H22N2O5S/c1-12-7-13(2)9-16(8-12)21(27(4,23)24)14(3)19(22)20-15-5-6-17-18(10-15)26-11-25-17/h5-10,14H,11H2,1-4H3,(H,20,22). The summed E-state index contributed by atoms with van der Waals surface area (Å²) in [5, 5.41) is 2.74. The predicted molar refractivity (Wildman–Crippen MR) is 104 cm³/mol. The van der Waals surface area contributed by atoms with Gasteiger partial charge >= 0.3 is 0 Å². The van der Waals surface area contributed by atoms with Crippen LogP contribution in [0.25, 0.3) is 0 Å². The molecule has 1 amide bonds. The smallest absolute Gasteiger partial charge is 0.247 e. The van der Waals surface area contributed by atoms with Crippen LogP contribution in [0.15, 0.2) is 36.4 Å². The van der Waals surface area contributed by atoms with Crippen molar-refractivity contribution < 1.29 is 22.7 Å². The molecule has 1 aliphatic heterocycles. The van der Waals surface area contributed by atoms with Crippen LogP contribution >= 0.6 is 0 Å². The van der Waals surface area contributed by atoms with Gasteiger partial charge in [0.25, 0.3) is 0 Å². The van der Waals surface area contributed by atoms with E-state index in [1.165, 1.54) is 0 Å². The quantitative estimate of drug-likeness (QED) is 0.849. The Morgan fingerprint density at radius 1 is 1.07 bits per heavy atom. The van der Waals surface area contributed by atoms with Crippen molar-refractivity contribution in [2.45, 2.75) is 26.8 Å². The second kappa shape index (κ2) is 7.11. The first-order chi connectivity index (χ1) is 12.6. The third-order valence-electron chi connectivity index (χ3n) is 4.19. The summed E-state index contributed by atoms with van der Waals surface area (Å²) >= 11 is 0. The van der Waals surface area contributed by atoms with Crippen LogP contribution in [0, 0.1) is 13.8 Å². The van der Waals surface area contributed by atoms with Gasteiger partial charge in [-0.25, -0.2) is 8.42 Å². The van der Waals surface area contributed by atoms with E-state index in [2.05, 4.69) is 5.32 Å². The van der Waals surface area contributed by atoms with Gasteiger partial charge in [-0.15, -0.1) is 0 Å². The average molecular weight is 390 g/mol. The van der Waals surface area contributed by atoms with E-state index in [4.69, 9.17) is 9.47 Å². The number of fused-ring (bicyclic) bond motifs is 1. The lowest BCUT2D eigenvalue weighted by atomic mass is 10.1. The van der Waals surface area contributed by atoms with E-state index in [9.17, 15) is 13.2 Å². The molecule has 0 radical (unpaired) electrons. The molecule has 0 spiro atoms. The Morgan fingerprint density at radius 2 is 1.70 bits per heavy atom. The van der Waals surface area contributed by atoms with Gasteiger partial charge < -0.3 is 14.8 Å². The molecular weight excluding hydrogens is 368 g/mol. The lowest BCUT2D eigenvalue weighted by Crippen LogP contribution is -2.45. The van der Waals surface area contributed by atoms with Crippen molar-refractivity contribution in [3.63, 3.8) is 0 Å². The molecule has 3 rings (SSSR count). The molecule has 8 heteroatoms. The van der Waals surface area contributed by atoms with Gasteiger partial charge in [0, 0.05) is 11.8 Å². The van der Waals surface area contributed by atoms with E-state index in [0.29, 0.717) is 22.9 Å². The van der Waals surface area contributed by atoms with Gasteiger partial charge in [0.15, 0.2) is 11.5 Å². The van der Waals surface area contributed by atoms with Gasteiger partial charge in [0.2, 0.25) is 22.7 Å². The Hall–Kier alpha value is -2.74. The molecule has 2 aromatic carbocycles. The minimum Gasteiger partial charge on any atom is -0.454 e. The highest BCUT2D eigenvalue weighted by Gasteiger charge is 2.29. The Morgan fingerprint density at radius 3 is 2.33 bits per heavy atom. The number of amides is 1. The SMILES string of the molecule is Cc1cc(C)cc(N(C(C)C(=O)Nc2ccc3c(c2)OCO3)S(C)(=O)=O)c1. The van der Waals surface area contributed by atoms with Crippen molar-refractivity contribution >= 4 is 27.3 Å². The maximum atomic E-state index is 12.8. The number of carbonyl (C=O) groups excluding carboxylic acids is 1. The highest BCUT2D eigenvalue weighted by Crippen LogP contribution is 2.34. The first kappa shape index (κ1) is 19.0. The fourth-order valence-corrected chi connectivity index (χ4v) is 4.27. The summed E-state index contributed by atoms with van der Waals surface area (Å²) in [6, 6.07) is 9.53. The zero-order valence-corrected chi connectivity index (χ0v) is 16.5. The summed E-state index contributed by atoms with van der Waals surface area (Å²) in [5.41, 5.74) is 2.80. The van der Waals surface area contributed by atoms with E-state index in [1.807, 2.05) is 19.9 Å². The molecule has 0 aromatic heterocycles. The lowest BCUT2D eigenvalue weighted by molar-refractivity contribution is -0.116. The number of rotatable bonds is 5. The number of aryl methyl sites for hydroxylation is 2. The zero-order valence-electron chi connectivity index (χ0n) is 15.6. The number of carbonyl (C=O) groups is 1. The second-order valence-corrected chi connectivity index (χ2v) is 8.50. The van der Waals surface area contributed by atoms with Crippen LogP contribution in [-0.4, -0.2) is 33.4 Å². The molecule has 0 saturated heterocycles. The topological polar surface area (TPSA) is 84.9 Å². The van der Waals surface area contributed by atoms with Gasteiger partial charge in [0.05, 0.1) is 11.9 Å². The molecule has 1 heterocycles. The first-order valence-corrected chi connectivity index (χ1v) is 10.3. The number of nitrogens with zero attached hydrogens (tertiary/aromatic N) is 1. The van der Waals surface area contributed by atoms with E-state index in [0.717, 1.165) is 21.7 Å². The third kappa shape index (κ3) is 4.16. The number of anilines is 2. The highest BCUT2D eigenvalue weighted by atomic mass is 32.2. The van der Waals surface area contributed by atoms with Crippen LogP contribution in [0.2, 0.25) is 0 Å². The number of sulfonamides is 1. The summed E-state index contributed by atoms with van der Waals surface area (Å²) in [7, 11) is -3.67. The summed E-state index contributed by atoms with van der Waals surface area (Å²) in [6.45, 7) is 5.46. The molecule has 7 nitrogen and oxygen atoms in total. The molecular formula is C19H22N2O5S. The van der Waals surface area contributed by atoms with Gasteiger partial charge in [-0.2, -0.15) is 0 Å². The summed E-state index contributed by atoms with van der Waals surface area (Å²) < 4.78 is 36.5. The number of benzene rings is 2. The fraction of sp³-hybridized carbons (Fsp3) is 0.316.